The third kappa shape index (κ3) is 3.19. The van der Waals surface area contributed by atoms with Gasteiger partial charge in [0.05, 0.1) is 10.6 Å². The van der Waals surface area contributed by atoms with Gasteiger partial charge in [0.15, 0.2) is 0 Å². The van der Waals surface area contributed by atoms with Gasteiger partial charge in [0.2, 0.25) is 0 Å². The summed E-state index contributed by atoms with van der Waals surface area (Å²) in [6.07, 6.45) is 6.96. The number of hydrogen-bond acceptors (Lipinski definition) is 5. The van der Waals surface area contributed by atoms with Gasteiger partial charge in [-0.25, -0.2) is 4.98 Å². The number of aryl methyl sites for hydroxylation is 2. The highest BCUT2D eigenvalue weighted by Crippen LogP contribution is 2.26. The van der Waals surface area contributed by atoms with Gasteiger partial charge in [-0.15, -0.1) is 5.10 Å². The van der Waals surface area contributed by atoms with Crippen molar-refractivity contribution in [2.24, 2.45) is 7.05 Å². The molecule has 2 aromatic rings. The van der Waals surface area contributed by atoms with Crippen LogP contribution in [0.25, 0.3) is 0 Å². The van der Waals surface area contributed by atoms with Crippen molar-refractivity contribution in [1.82, 2.24) is 24.5 Å². The van der Waals surface area contributed by atoms with Crippen LogP contribution in [0.3, 0.4) is 0 Å². The molecule has 0 aliphatic heterocycles. The van der Waals surface area contributed by atoms with Crippen LogP contribution in [0.15, 0.2) is 12.4 Å². The van der Waals surface area contributed by atoms with Gasteiger partial charge in [-0.1, -0.05) is 24.8 Å². The maximum atomic E-state index is 4.48. The van der Waals surface area contributed by atoms with E-state index in [0.29, 0.717) is 0 Å². The number of aromatic nitrogens is 4. The highest BCUT2D eigenvalue weighted by atomic mass is 32.1. The molecule has 0 radical (unpaired) electrons. The van der Waals surface area contributed by atoms with E-state index in [2.05, 4.69) is 38.3 Å². The summed E-state index contributed by atoms with van der Waals surface area (Å²) in [5.74, 6) is 1.02. The van der Waals surface area contributed by atoms with Crippen molar-refractivity contribution >= 4 is 11.5 Å². The predicted octanol–water partition coefficient (Wildman–Crippen LogP) is 2.31. The van der Waals surface area contributed by atoms with E-state index in [4.69, 9.17) is 0 Å². The third-order valence-electron chi connectivity index (χ3n) is 3.05. The molecule has 1 N–H and O–H groups in total. The highest BCUT2D eigenvalue weighted by Gasteiger charge is 2.23. The number of rotatable bonds is 7. The second kappa shape index (κ2) is 6.77. The lowest BCUT2D eigenvalue weighted by Crippen LogP contribution is -2.26. The van der Waals surface area contributed by atoms with Crippen LogP contribution in [-0.4, -0.2) is 25.7 Å². The Bertz CT molecular complexity index is 505. The van der Waals surface area contributed by atoms with Crippen molar-refractivity contribution in [3.8, 4) is 0 Å². The minimum absolute atomic E-state index is 0.0986. The molecule has 5 nitrogen and oxygen atoms in total. The van der Waals surface area contributed by atoms with Crippen LogP contribution in [0.4, 0.5) is 0 Å². The largest absolute Gasteiger partial charge is 0.336 e. The van der Waals surface area contributed by atoms with Crippen LogP contribution in [-0.2, 0) is 13.5 Å². The van der Waals surface area contributed by atoms with Gasteiger partial charge in [0.25, 0.3) is 0 Å². The SMILES string of the molecule is CCCNC(c1snnc1CCC)c1nccn1C. The summed E-state index contributed by atoms with van der Waals surface area (Å²) >= 11 is 1.48. The van der Waals surface area contributed by atoms with E-state index in [1.165, 1.54) is 16.4 Å². The Balaban J connectivity index is 2.31. The predicted molar refractivity (Wildman–Crippen MR) is 77.2 cm³/mol. The first-order valence-corrected chi connectivity index (χ1v) is 7.57. The number of imidazole rings is 1. The zero-order valence-corrected chi connectivity index (χ0v) is 12.6. The summed E-state index contributed by atoms with van der Waals surface area (Å²) in [6.45, 7) is 5.29. The molecule has 104 valence electrons. The Kier molecular flexibility index (Phi) is 5.04. The Morgan fingerprint density at radius 1 is 1.37 bits per heavy atom. The number of hydrogen-bond donors (Lipinski definition) is 1. The van der Waals surface area contributed by atoms with Gasteiger partial charge >= 0.3 is 0 Å². The lowest BCUT2D eigenvalue weighted by atomic mass is 10.1. The summed E-state index contributed by atoms with van der Waals surface area (Å²) < 4.78 is 6.18. The molecule has 0 fully saturated rings. The minimum Gasteiger partial charge on any atom is -0.336 e. The molecule has 2 rings (SSSR count). The summed E-state index contributed by atoms with van der Waals surface area (Å²) in [6, 6.07) is 0.0986. The smallest absolute Gasteiger partial charge is 0.131 e. The average Bonchev–Trinajstić information content (AvgIpc) is 3.01. The fourth-order valence-corrected chi connectivity index (χ4v) is 2.86. The fourth-order valence-electron chi connectivity index (χ4n) is 2.09. The van der Waals surface area contributed by atoms with Crippen molar-refractivity contribution < 1.29 is 0 Å². The van der Waals surface area contributed by atoms with Gasteiger partial charge in [-0.05, 0) is 30.9 Å². The van der Waals surface area contributed by atoms with Gasteiger partial charge in [0.1, 0.15) is 11.9 Å². The van der Waals surface area contributed by atoms with Crippen molar-refractivity contribution in [2.45, 2.75) is 39.2 Å². The van der Waals surface area contributed by atoms with E-state index in [-0.39, 0.29) is 6.04 Å². The Morgan fingerprint density at radius 2 is 2.21 bits per heavy atom. The van der Waals surface area contributed by atoms with E-state index in [9.17, 15) is 0 Å². The Hall–Kier alpha value is -1.27. The van der Waals surface area contributed by atoms with Crippen LogP contribution >= 0.6 is 11.5 Å². The summed E-state index contributed by atoms with van der Waals surface area (Å²) in [4.78, 5) is 5.68. The minimum atomic E-state index is 0.0986. The fraction of sp³-hybridized carbons (Fsp3) is 0.615. The van der Waals surface area contributed by atoms with Gasteiger partial charge in [-0.3, -0.25) is 0 Å². The summed E-state index contributed by atoms with van der Waals surface area (Å²) in [5, 5.41) is 7.83. The van der Waals surface area contributed by atoms with Crippen LogP contribution in [0.2, 0.25) is 0 Å². The van der Waals surface area contributed by atoms with Crippen LogP contribution in [0, 0.1) is 0 Å². The highest BCUT2D eigenvalue weighted by molar-refractivity contribution is 7.05. The molecule has 6 heteroatoms. The van der Waals surface area contributed by atoms with Crippen LogP contribution in [0.1, 0.15) is 49.1 Å². The van der Waals surface area contributed by atoms with Crippen molar-refractivity contribution in [3.05, 3.63) is 28.8 Å². The van der Waals surface area contributed by atoms with E-state index < -0.39 is 0 Å². The number of nitrogens with one attached hydrogen (secondary N) is 1. The zero-order valence-electron chi connectivity index (χ0n) is 11.8. The normalized spacial score (nSPS) is 12.8. The third-order valence-corrected chi connectivity index (χ3v) is 3.88. The molecular formula is C13H21N5S. The topological polar surface area (TPSA) is 55.6 Å². The van der Waals surface area contributed by atoms with Crippen LogP contribution in [0.5, 0.6) is 0 Å². The Morgan fingerprint density at radius 3 is 2.84 bits per heavy atom. The maximum absolute atomic E-state index is 4.48. The maximum Gasteiger partial charge on any atom is 0.131 e. The van der Waals surface area contributed by atoms with Crippen molar-refractivity contribution in [2.75, 3.05) is 6.54 Å². The Labute approximate surface area is 118 Å². The van der Waals surface area contributed by atoms with Crippen molar-refractivity contribution in [1.29, 1.82) is 0 Å². The summed E-state index contributed by atoms with van der Waals surface area (Å²) in [5.41, 5.74) is 1.10. The molecule has 0 amide bonds. The first-order valence-electron chi connectivity index (χ1n) is 6.79. The van der Waals surface area contributed by atoms with E-state index in [0.717, 1.165) is 37.3 Å². The van der Waals surface area contributed by atoms with Crippen LogP contribution < -0.4 is 5.32 Å². The van der Waals surface area contributed by atoms with Gasteiger partial charge in [0, 0.05) is 19.4 Å². The molecule has 1 unspecified atom stereocenters. The first kappa shape index (κ1) is 14.1. The second-order valence-electron chi connectivity index (χ2n) is 4.62. The van der Waals surface area contributed by atoms with Gasteiger partial charge < -0.3 is 9.88 Å². The average molecular weight is 279 g/mol. The second-order valence-corrected chi connectivity index (χ2v) is 5.40. The molecule has 19 heavy (non-hydrogen) atoms. The van der Waals surface area contributed by atoms with E-state index in [1.54, 1.807) is 0 Å². The monoisotopic (exact) mass is 279 g/mol. The number of nitrogens with zero attached hydrogens (tertiary/aromatic N) is 4. The molecule has 2 heterocycles. The molecular weight excluding hydrogens is 258 g/mol. The van der Waals surface area contributed by atoms with E-state index in [1.807, 2.05) is 19.4 Å². The lowest BCUT2D eigenvalue weighted by Gasteiger charge is -2.17. The summed E-state index contributed by atoms with van der Waals surface area (Å²) in [7, 11) is 2.02. The molecule has 0 aliphatic carbocycles. The molecule has 2 aromatic heterocycles. The molecule has 0 spiro atoms. The van der Waals surface area contributed by atoms with E-state index >= 15 is 0 Å². The lowest BCUT2D eigenvalue weighted by molar-refractivity contribution is 0.557. The van der Waals surface area contributed by atoms with Crippen molar-refractivity contribution in [3.63, 3.8) is 0 Å². The molecule has 0 saturated heterocycles. The quantitative estimate of drug-likeness (QED) is 0.845. The molecule has 0 saturated carbocycles. The molecule has 0 bridgehead atoms. The molecule has 1 atom stereocenters. The van der Waals surface area contributed by atoms with Gasteiger partial charge in [-0.2, -0.15) is 0 Å². The standard InChI is InChI=1S/C13H21N5S/c1-4-6-10-12(19-17-16-10)11(14-7-5-2)13-15-8-9-18(13)3/h8-9,11,14H,4-7H2,1-3H3. The molecule has 0 aliphatic rings. The first-order chi connectivity index (χ1) is 9.27. The zero-order chi connectivity index (χ0) is 13.7. The molecule has 0 aromatic carbocycles.